The van der Waals surface area contributed by atoms with Crippen molar-refractivity contribution in [2.45, 2.75) is 19.4 Å². The number of nitrogens with zero attached hydrogens (tertiary/aromatic N) is 1. The number of halogens is 1. The molecule has 0 fully saturated rings. The Morgan fingerprint density at radius 2 is 1.83 bits per heavy atom. The number of alkyl halides is 1. The Hall–Kier alpha value is -2.33. The predicted molar refractivity (Wildman–Crippen MR) is 100 cm³/mol. The molecule has 3 N–H and O–H groups in total. The van der Waals surface area contributed by atoms with E-state index in [2.05, 4.69) is 34.6 Å². The molecule has 2 rings (SSSR count). The maximum Gasteiger partial charge on any atom is 0.220 e. The summed E-state index contributed by atoms with van der Waals surface area (Å²) >= 11 is 5.53. The number of aliphatic imine (C=N–C) groups is 1. The number of amides is 1. The van der Waals surface area contributed by atoms with E-state index >= 15 is 0 Å². The first-order chi connectivity index (χ1) is 11.7. The van der Waals surface area contributed by atoms with Gasteiger partial charge in [0, 0.05) is 19.5 Å². The van der Waals surface area contributed by atoms with Crippen molar-refractivity contribution in [2.24, 2.45) is 10.7 Å². The number of hydrogen-bond acceptors (Lipinski definition) is 2. The number of rotatable bonds is 8. The molecule has 0 saturated carbocycles. The van der Waals surface area contributed by atoms with E-state index in [1.807, 2.05) is 30.3 Å². The molecule has 0 heterocycles. The Kier molecular flexibility index (Phi) is 7.30. The maximum absolute atomic E-state index is 11.9. The Morgan fingerprint density at radius 1 is 1.08 bits per heavy atom. The van der Waals surface area contributed by atoms with E-state index in [0.717, 1.165) is 11.1 Å². The van der Waals surface area contributed by atoms with E-state index in [1.54, 1.807) is 0 Å². The van der Waals surface area contributed by atoms with Crippen molar-refractivity contribution in [3.63, 3.8) is 0 Å². The summed E-state index contributed by atoms with van der Waals surface area (Å²) in [7, 11) is 0. The molecule has 0 aliphatic heterocycles. The first-order valence-corrected chi connectivity index (χ1v) is 8.48. The van der Waals surface area contributed by atoms with Crippen molar-refractivity contribution in [3.8, 4) is 11.1 Å². The summed E-state index contributed by atoms with van der Waals surface area (Å²) < 4.78 is 0. The van der Waals surface area contributed by atoms with Gasteiger partial charge in [-0.05, 0) is 29.2 Å². The summed E-state index contributed by atoms with van der Waals surface area (Å²) in [5.41, 5.74) is 8.90. The summed E-state index contributed by atoms with van der Waals surface area (Å²) in [4.78, 5) is 15.9. The zero-order valence-electron chi connectivity index (χ0n) is 13.5. The van der Waals surface area contributed by atoms with E-state index in [9.17, 15) is 4.79 Å². The number of carbonyl (C=O) groups excluding carboxylic acids is 1. The molecule has 0 spiro atoms. The van der Waals surface area contributed by atoms with Crippen LogP contribution in [0.4, 0.5) is 0 Å². The molecule has 0 bridgehead atoms. The Bertz CT molecular complexity index is 686. The Balaban J connectivity index is 1.81. The predicted octanol–water partition coefficient (Wildman–Crippen LogP) is 3.35. The molecular weight excluding hydrogens is 322 g/mol. The summed E-state index contributed by atoms with van der Waals surface area (Å²) in [6.45, 7) is 1.04. The molecular formula is C19H22ClN3O. The molecule has 0 unspecified atom stereocenters. The van der Waals surface area contributed by atoms with Crippen LogP contribution in [-0.4, -0.2) is 24.2 Å². The number of hydrogen-bond donors (Lipinski definition) is 2. The number of nitrogens with two attached hydrogens (primary N) is 1. The quantitative estimate of drug-likeness (QED) is 0.334. The first-order valence-electron chi connectivity index (χ1n) is 7.95. The average Bonchev–Trinajstić information content (AvgIpc) is 2.64. The van der Waals surface area contributed by atoms with Crippen LogP contribution in [0.2, 0.25) is 0 Å². The molecule has 0 aromatic heterocycles. The smallest absolute Gasteiger partial charge is 0.220 e. The zero-order chi connectivity index (χ0) is 17.2. The Labute approximate surface area is 147 Å². The van der Waals surface area contributed by atoms with Gasteiger partial charge in [0.25, 0.3) is 0 Å². The molecule has 24 heavy (non-hydrogen) atoms. The van der Waals surface area contributed by atoms with Gasteiger partial charge in [-0.3, -0.25) is 9.79 Å². The first kappa shape index (κ1) is 18.0. The van der Waals surface area contributed by atoms with Gasteiger partial charge in [-0.15, -0.1) is 11.6 Å². The van der Waals surface area contributed by atoms with Crippen molar-refractivity contribution < 1.29 is 4.79 Å². The summed E-state index contributed by atoms with van der Waals surface area (Å²) in [6.07, 6.45) is 1.09. The highest BCUT2D eigenvalue weighted by Crippen LogP contribution is 2.19. The van der Waals surface area contributed by atoms with Gasteiger partial charge >= 0.3 is 0 Å². The van der Waals surface area contributed by atoms with Crippen LogP contribution in [0.3, 0.4) is 0 Å². The van der Waals surface area contributed by atoms with Crippen molar-refractivity contribution >= 4 is 23.3 Å². The topological polar surface area (TPSA) is 67.5 Å². The lowest BCUT2D eigenvalue weighted by Crippen LogP contribution is -2.22. The lowest BCUT2D eigenvalue weighted by Gasteiger charge is -2.07. The standard InChI is InChI=1S/C19H22ClN3O/c20-13-18(21)22-11-5-10-19(24)23-14-15-6-4-9-17(12-15)16-7-2-1-3-8-16/h1-4,6-9,12H,5,10-11,13-14H2,(H2,21,22)(H,23,24). The third-order valence-electron chi connectivity index (χ3n) is 3.54. The second kappa shape index (κ2) is 9.73. The number of nitrogens with one attached hydrogen (secondary N) is 1. The van der Waals surface area contributed by atoms with Crippen LogP contribution in [0.5, 0.6) is 0 Å². The lowest BCUT2D eigenvalue weighted by atomic mass is 10.0. The molecule has 0 saturated heterocycles. The second-order valence-electron chi connectivity index (χ2n) is 5.45. The molecule has 2 aromatic carbocycles. The average molecular weight is 344 g/mol. The molecule has 0 aliphatic carbocycles. The third-order valence-corrected chi connectivity index (χ3v) is 3.81. The minimum atomic E-state index is 0.0137. The molecule has 5 heteroatoms. The van der Waals surface area contributed by atoms with Crippen LogP contribution in [-0.2, 0) is 11.3 Å². The van der Waals surface area contributed by atoms with E-state index in [-0.39, 0.29) is 11.8 Å². The zero-order valence-corrected chi connectivity index (χ0v) is 14.3. The minimum Gasteiger partial charge on any atom is -0.386 e. The van der Waals surface area contributed by atoms with Gasteiger partial charge in [0.15, 0.2) is 0 Å². The van der Waals surface area contributed by atoms with Gasteiger partial charge in [-0.2, -0.15) is 0 Å². The van der Waals surface area contributed by atoms with Gasteiger partial charge in [0.05, 0.1) is 5.88 Å². The van der Waals surface area contributed by atoms with Crippen LogP contribution in [0, 0.1) is 0 Å². The molecule has 1 amide bonds. The van der Waals surface area contributed by atoms with Crippen LogP contribution >= 0.6 is 11.6 Å². The molecule has 0 atom stereocenters. The fourth-order valence-electron chi connectivity index (χ4n) is 2.29. The molecule has 0 radical (unpaired) electrons. The van der Waals surface area contributed by atoms with Crippen molar-refractivity contribution in [1.29, 1.82) is 0 Å². The molecule has 2 aromatic rings. The highest BCUT2D eigenvalue weighted by Gasteiger charge is 2.03. The Morgan fingerprint density at radius 3 is 2.58 bits per heavy atom. The van der Waals surface area contributed by atoms with Crippen molar-refractivity contribution in [2.75, 3.05) is 12.4 Å². The van der Waals surface area contributed by atoms with Crippen LogP contribution in [0.25, 0.3) is 11.1 Å². The maximum atomic E-state index is 11.9. The number of benzene rings is 2. The van der Waals surface area contributed by atoms with Crippen molar-refractivity contribution in [1.82, 2.24) is 5.32 Å². The van der Waals surface area contributed by atoms with Gasteiger partial charge < -0.3 is 11.1 Å². The van der Waals surface area contributed by atoms with Gasteiger partial charge in [-0.25, -0.2) is 0 Å². The van der Waals surface area contributed by atoms with Gasteiger partial charge in [-0.1, -0.05) is 48.5 Å². The normalized spacial score (nSPS) is 11.3. The van der Waals surface area contributed by atoms with Crippen LogP contribution < -0.4 is 11.1 Å². The highest BCUT2D eigenvalue weighted by molar-refractivity contribution is 6.27. The fourth-order valence-corrected chi connectivity index (χ4v) is 2.37. The minimum absolute atomic E-state index is 0.0137. The van der Waals surface area contributed by atoms with E-state index in [4.69, 9.17) is 17.3 Å². The monoisotopic (exact) mass is 343 g/mol. The van der Waals surface area contributed by atoms with Crippen LogP contribution in [0.1, 0.15) is 18.4 Å². The SMILES string of the molecule is NC(CCl)=NCCCC(=O)NCc1cccc(-c2ccccc2)c1. The second-order valence-corrected chi connectivity index (χ2v) is 5.72. The van der Waals surface area contributed by atoms with Gasteiger partial charge in [0.2, 0.25) is 5.91 Å². The van der Waals surface area contributed by atoms with Gasteiger partial charge in [0.1, 0.15) is 5.84 Å². The fraction of sp³-hybridized carbons (Fsp3) is 0.263. The molecule has 0 aliphatic rings. The third kappa shape index (κ3) is 6.05. The molecule has 126 valence electrons. The van der Waals surface area contributed by atoms with E-state index < -0.39 is 0 Å². The van der Waals surface area contributed by atoms with E-state index in [1.165, 1.54) is 5.56 Å². The highest BCUT2D eigenvalue weighted by atomic mass is 35.5. The summed E-state index contributed by atoms with van der Waals surface area (Å²) in [5, 5.41) is 2.94. The van der Waals surface area contributed by atoms with Crippen molar-refractivity contribution in [3.05, 3.63) is 60.2 Å². The summed E-state index contributed by atoms with van der Waals surface area (Å²) in [5.74, 6) is 0.652. The van der Waals surface area contributed by atoms with E-state index in [0.29, 0.717) is 31.8 Å². The number of carbonyl (C=O) groups is 1. The summed E-state index contributed by atoms with van der Waals surface area (Å²) in [6, 6.07) is 18.4. The molecule has 4 nitrogen and oxygen atoms in total. The lowest BCUT2D eigenvalue weighted by molar-refractivity contribution is -0.121. The number of amidine groups is 1. The van der Waals surface area contributed by atoms with Crippen LogP contribution in [0.15, 0.2) is 59.6 Å². The largest absolute Gasteiger partial charge is 0.386 e.